The van der Waals surface area contributed by atoms with Crippen molar-refractivity contribution < 1.29 is 19.4 Å². The van der Waals surface area contributed by atoms with E-state index in [0.29, 0.717) is 0 Å². The van der Waals surface area contributed by atoms with E-state index < -0.39 is 0 Å². The van der Waals surface area contributed by atoms with Gasteiger partial charge in [-0.05, 0) is 22.9 Å². The molecule has 0 radical (unpaired) electrons. The first kappa shape index (κ1) is 17.5. The van der Waals surface area contributed by atoms with Crippen LogP contribution in [0.2, 0.25) is 0 Å². The first-order chi connectivity index (χ1) is 13.3. The number of carbonyl (C=O) groups is 1. The fourth-order valence-electron chi connectivity index (χ4n) is 3.57. The quantitative estimate of drug-likeness (QED) is 0.734. The summed E-state index contributed by atoms with van der Waals surface area (Å²) < 4.78 is 5.75. The minimum absolute atomic E-state index is 0.0662. The highest BCUT2D eigenvalue weighted by Gasteiger charge is 2.24. The molecule has 3 aromatic rings. The molecule has 5 heteroatoms. The van der Waals surface area contributed by atoms with Gasteiger partial charge in [0.05, 0.1) is 26.2 Å². The molecule has 0 saturated carbocycles. The monoisotopic (exact) mass is 363 g/mol. The van der Waals surface area contributed by atoms with E-state index in [4.69, 9.17) is 4.74 Å². The fraction of sp³-hybridized carbons (Fsp3) is 0.273. The summed E-state index contributed by atoms with van der Waals surface area (Å²) in [5.41, 5.74) is 1.32. The number of nitrogens with zero attached hydrogens (tertiary/aromatic N) is 1. The second-order valence-corrected chi connectivity index (χ2v) is 7.01. The molecule has 2 heterocycles. The molecule has 5 nitrogen and oxygen atoms in total. The van der Waals surface area contributed by atoms with Gasteiger partial charge in [-0.2, -0.15) is 0 Å². The summed E-state index contributed by atoms with van der Waals surface area (Å²) in [6.07, 6.45) is 3.91. The van der Waals surface area contributed by atoms with Crippen LogP contribution in [-0.2, 0) is 11.3 Å². The van der Waals surface area contributed by atoms with Gasteiger partial charge in [-0.15, -0.1) is 0 Å². The molecule has 1 saturated heterocycles. The van der Waals surface area contributed by atoms with Crippen molar-refractivity contribution in [1.82, 2.24) is 4.90 Å². The maximum atomic E-state index is 12.5. The van der Waals surface area contributed by atoms with Gasteiger partial charge >= 0.3 is 0 Å². The van der Waals surface area contributed by atoms with Crippen molar-refractivity contribution >= 4 is 16.7 Å². The van der Waals surface area contributed by atoms with Gasteiger partial charge in [-0.25, -0.2) is 4.98 Å². The molecule has 27 heavy (non-hydrogen) atoms. The van der Waals surface area contributed by atoms with E-state index in [0.717, 1.165) is 43.9 Å². The predicted octanol–water partition coefficient (Wildman–Crippen LogP) is 0.960. The number of nitrogens with one attached hydrogen (secondary N) is 2. The maximum Gasteiger partial charge on any atom is 0.260 e. The SMILES string of the molecule is O=C(COc1ccc2ccccc2c1)N1CC[NH+](Cc2cc[nH+]cc2)CC1. The lowest BCUT2D eigenvalue weighted by atomic mass is 10.1. The van der Waals surface area contributed by atoms with Crippen molar-refractivity contribution in [3.63, 3.8) is 0 Å². The lowest BCUT2D eigenvalue weighted by Crippen LogP contribution is -3.13. The number of pyridine rings is 1. The van der Waals surface area contributed by atoms with Crippen LogP contribution < -0.4 is 14.6 Å². The highest BCUT2D eigenvalue weighted by atomic mass is 16.5. The number of fused-ring (bicyclic) bond motifs is 1. The normalized spacial score (nSPS) is 15.0. The van der Waals surface area contributed by atoms with Gasteiger partial charge in [0.15, 0.2) is 19.0 Å². The average Bonchev–Trinajstić information content (AvgIpc) is 2.73. The zero-order valence-electron chi connectivity index (χ0n) is 15.4. The van der Waals surface area contributed by atoms with Crippen LogP contribution in [-0.4, -0.2) is 43.6 Å². The molecule has 1 amide bonds. The molecule has 0 spiro atoms. The molecule has 138 valence electrons. The van der Waals surface area contributed by atoms with E-state index in [2.05, 4.69) is 29.2 Å². The maximum absolute atomic E-state index is 12.5. The summed E-state index contributed by atoms with van der Waals surface area (Å²) in [5, 5.41) is 2.30. The number of carbonyl (C=O) groups excluding carboxylic acids is 1. The van der Waals surface area contributed by atoms with Crippen LogP contribution in [0.3, 0.4) is 0 Å². The second-order valence-electron chi connectivity index (χ2n) is 7.01. The Labute approximate surface area is 159 Å². The highest BCUT2D eigenvalue weighted by Crippen LogP contribution is 2.20. The summed E-state index contributed by atoms with van der Waals surface area (Å²) in [4.78, 5) is 19.0. The Morgan fingerprint density at radius 2 is 1.74 bits per heavy atom. The number of aromatic amines is 1. The van der Waals surface area contributed by atoms with E-state index in [1.54, 1.807) is 0 Å². The van der Waals surface area contributed by atoms with Crippen LogP contribution in [0.4, 0.5) is 0 Å². The minimum atomic E-state index is 0.0662. The van der Waals surface area contributed by atoms with Crippen LogP contribution >= 0.6 is 0 Å². The van der Waals surface area contributed by atoms with Crippen molar-refractivity contribution in [3.8, 4) is 5.75 Å². The number of ether oxygens (including phenoxy) is 1. The van der Waals surface area contributed by atoms with Crippen molar-refractivity contribution in [2.24, 2.45) is 0 Å². The van der Waals surface area contributed by atoms with E-state index in [1.807, 2.05) is 47.6 Å². The molecule has 2 aromatic carbocycles. The van der Waals surface area contributed by atoms with Gasteiger partial charge in [0.25, 0.3) is 5.91 Å². The van der Waals surface area contributed by atoms with Gasteiger partial charge in [0.2, 0.25) is 0 Å². The molecule has 0 unspecified atom stereocenters. The summed E-state index contributed by atoms with van der Waals surface area (Å²) in [5.74, 6) is 0.809. The Morgan fingerprint density at radius 1 is 1.00 bits per heavy atom. The van der Waals surface area contributed by atoms with Crippen molar-refractivity contribution in [3.05, 3.63) is 72.6 Å². The highest BCUT2D eigenvalue weighted by molar-refractivity contribution is 5.84. The number of piperazine rings is 1. The number of hydrogen-bond donors (Lipinski definition) is 1. The molecular formula is C22H25N3O2+2. The Morgan fingerprint density at radius 3 is 2.52 bits per heavy atom. The number of quaternary nitrogens is 1. The molecule has 1 fully saturated rings. The summed E-state index contributed by atoms with van der Waals surface area (Å²) in [6.45, 7) is 4.62. The Kier molecular flexibility index (Phi) is 5.30. The zero-order valence-corrected chi connectivity index (χ0v) is 15.4. The first-order valence-corrected chi connectivity index (χ1v) is 9.46. The molecule has 4 rings (SSSR count). The Hall–Kier alpha value is -2.92. The predicted molar refractivity (Wildman–Crippen MR) is 103 cm³/mol. The van der Waals surface area contributed by atoms with E-state index in [1.165, 1.54) is 15.8 Å². The fourth-order valence-corrected chi connectivity index (χ4v) is 3.57. The van der Waals surface area contributed by atoms with Crippen molar-refractivity contribution in [2.75, 3.05) is 32.8 Å². The second kappa shape index (κ2) is 8.18. The van der Waals surface area contributed by atoms with Crippen molar-refractivity contribution in [2.45, 2.75) is 6.54 Å². The smallest absolute Gasteiger partial charge is 0.260 e. The standard InChI is InChI=1S/C22H23N3O2/c26-22(17-27-21-6-5-19-3-1-2-4-20(19)15-21)25-13-11-24(12-14-25)16-18-7-9-23-10-8-18/h1-10,15H,11-14,16-17H2/p+2. The van der Waals surface area contributed by atoms with Gasteiger partial charge in [0, 0.05) is 17.7 Å². The number of rotatable bonds is 5. The number of H-pyrrole nitrogens is 1. The van der Waals surface area contributed by atoms with Crippen LogP contribution in [0.15, 0.2) is 67.0 Å². The molecule has 1 aromatic heterocycles. The zero-order chi connectivity index (χ0) is 18.5. The van der Waals surface area contributed by atoms with Gasteiger partial charge in [-0.3, -0.25) is 4.79 Å². The summed E-state index contributed by atoms with van der Waals surface area (Å²) in [6, 6.07) is 18.3. The lowest BCUT2D eigenvalue weighted by Gasteiger charge is -2.32. The van der Waals surface area contributed by atoms with Crippen LogP contribution in [0, 0.1) is 0 Å². The molecule has 1 aliphatic heterocycles. The third-order valence-electron chi connectivity index (χ3n) is 5.15. The molecule has 0 aliphatic carbocycles. The van der Waals surface area contributed by atoms with Gasteiger partial charge in [0.1, 0.15) is 12.3 Å². The molecule has 2 N–H and O–H groups in total. The largest absolute Gasteiger partial charge is 0.484 e. The third-order valence-corrected chi connectivity index (χ3v) is 5.15. The minimum Gasteiger partial charge on any atom is -0.484 e. The van der Waals surface area contributed by atoms with E-state index in [9.17, 15) is 4.79 Å². The molecule has 0 bridgehead atoms. The van der Waals surface area contributed by atoms with E-state index >= 15 is 0 Å². The number of amides is 1. The Balaban J connectivity index is 1.26. The van der Waals surface area contributed by atoms with Crippen LogP contribution in [0.25, 0.3) is 10.8 Å². The van der Waals surface area contributed by atoms with Crippen LogP contribution in [0.1, 0.15) is 5.56 Å². The number of hydrogen-bond acceptors (Lipinski definition) is 2. The van der Waals surface area contributed by atoms with Gasteiger partial charge in [-0.1, -0.05) is 30.3 Å². The van der Waals surface area contributed by atoms with Gasteiger partial charge < -0.3 is 14.5 Å². The number of benzene rings is 2. The molecular weight excluding hydrogens is 338 g/mol. The Bertz CT molecular complexity index is 906. The third kappa shape index (κ3) is 4.44. The summed E-state index contributed by atoms with van der Waals surface area (Å²) >= 11 is 0. The average molecular weight is 363 g/mol. The number of aromatic nitrogens is 1. The lowest BCUT2D eigenvalue weighted by molar-refractivity contribution is -0.917. The molecule has 0 atom stereocenters. The van der Waals surface area contributed by atoms with Crippen molar-refractivity contribution in [1.29, 1.82) is 0 Å². The van der Waals surface area contributed by atoms with E-state index in [-0.39, 0.29) is 12.5 Å². The molecule has 1 aliphatic rings. The topological polar surface area (TPSA) is 48.1 Å². The summed E-state index contributed by atoms with van der Waals surface area (Å²) in [7, 11) is 0. The first-order valence-electron chi connectivity index (χ1n) is 9.46. The van der Waals surface area contributed by atoms with Crippen LogP contribution in [0.5, 0.6) is 5.75 Å².